The Morgan fingerprint density at radius 2 is 1.77 bits per heavy atom. The van der Waals surface area contributed by atoms with Gasteiger partial charge < -0.3 is 42.3 Å². The molecule has 2 aliphatic heterocycles. The molecule has 1 aromatic rings. The van der Waals surface area contributed by atoms with Gasteiger partial charge in [0.25, 0.3) is 0 Å². The third-order valence-electron chi connectivity index (χ3n) is 8.34. The highest BCUT2D eigenvalue weighted by Crippen LogP contribution is 2.27. The molecule has 6 N–H and O–H groups in total. The van der Waals surface area contributed by atoms with Gasteiger partial charge in [0.15, 0.2) is 5.75 Å². The van der Waals surface area contributed by atoms with Gasteiger partial charge in [0.1, 0.15) is 23.6 Å². The molecule has 272 valence electrons. The Morgan fingerprint density at radius 1 is 1.09 bits per heavy atom. The zero-order valence-electron chi connectivity index (χ0n) is 28.5. The van der Waals surface area contributed by atoms with Gasteiger partial charge in [-0.1, -0.05) is 88.6 Å². The number of halogens is 1. The molecule has 13 heteroatoms. The van der Waals surface area contributed by atoms with E-state index in [0.717, 1.165) is 29.9 Å². The summed E-state index contributed by atoms with van der Waals surface area (Å²) in [5.41, 5.74) is 7.47. The lowest BCUT2D eigenvalue weighted by Crippen LogP contribution is -3.00. The highest BCUT2D eigenvalue weighted by Gasteiger charge is 2.46. The molecule has 0 aromatic heterocycles. The van der Waals surface area contributed by atoms with Crippen LogP contribution in [-0.4, -0.2) is 94.9 Å². The first kappa shape index (κ1) is 44.3. The predicted octanol–water partition coefficient (Wildman–Crippen LogP) is 0.286. The molecule has 9 unspecified atom stereocenters. The minimum absolute atomic E-state index is 0. The van der Waals surface area contributed by atoms with Gasteiger partial charge in [-0.3, -0.25) is 4.48 Å². The van der Waals surface area contributed by atoms with Crippen molar-refractivity contribution in [1.29, 1.82) is 0 Å². The van der Waals surface area contributed by atoms with E-state index in [0.29, 0.717) is 26.1 Å². The van der Waals surface area contributed by atoms with Crippen LogP contribution >= 0.6 is 10.8 Å². The third kappa shape index (κ3) is 16.2. The molecule has 10 nitrogen and oxygen atoms in total. The first-order chi connectivity index (χ1) is 21.9. The monoisotopic (exact) mass is 721 g/mol. The maximum atomic E-state index is 11.6. The van der Waals surface area contributed by atoms with Crippen molar-refractivity contribution in [3.63, 3.8) is 0 Å². The molecule has 2 saturated heterocycles. The number of unbranched alkanes of at least 4 members (excludes halogenated alkanes) is 5. The number of hydrogen-bond acceptors (Lipinski definition) is 10. The number of nitrogens with one attached hydrogen (secondary N) is 1. The second kappa shape index (κ2) is 23.7. The van der Waals surface area contributed by atoms with Crippen molar-refractivity contribution in [2.24, 2.45) is 11.7 Å². The Bertz CT molecular complexity index is 986. The molecule has 9 atom stereocenters. The van der Waals surface area contributed by atoms with Crippen molar-refractivity contribution in [1.82, 2.24) is 5.32 Å². The van der Waals surface area contributed by atoms with Crippen molar-refractivity contribution in [2.75, 3.05) is 38.3 Å². The van der Waals surface area contributed by atoms with Gasteiger partial charge in [-0.05, 0) is 18.9 Å². The zero-order chi connectivity index (χ0) is 34.0. The lowest BCUT2D eigenvalue weighted by molar-refractivity contribution is -1.000. The predicted molar refractivity (Wildman–Crippen MR) is 187 cm³/mol. The smallest absolute Gasteiger partial charge is 0.325 e. The molecule has 0 aliphatic carbocycles. The fraction of sp³-hybridized carbons (Fsp3) is 0.706. The van der Waals surface area contributed by atoms with E-state index >= 15 is 0 Å². The van der Waals surface area contributed by atoms with Crippen LogP contribution in [0.1, 0.15) is 70.8 Å². The summed E-state index contributed by atoms with van der Waals surface area (Å²) in [6, 6.07) is 9.96. The number of rotatable bonds is 19. The minimum atomic E-state index is -1.76. The lowest BCUT2D eigenvalue weighted by atomic mass is 10.0. The molecule has 0 amide bonds. The van der Waals surface area contributed by atoms with Crippen LogP contribution in [0.25, 0.3) is 0 Å². The van der Waals surface area contributed by atoms with E-state index in [4.69, 9.17) is 19.4 Å². The van der Waals surface area contributed by atoms with Crippen LogP contribution in [0.15, 0.2) is 55.6 Å². The van der Waals surface area contributed by atoms with Crippen LogP contribution in [0.5, 0.6) is 0 Å². The number of benzene rings is 1. The minimum Gasteiger partial charge on any atom is -1.00 e. The van der Waals surface area contributed by atoms with Crippen LogP contribution in [0.2, 0.25) is 0 Å². The van der Waals surface area contributed by atoms with Gasteiger partial charge >= 0.3 is 5.97 Å². The third-order valence-corrected chi connectivity index (χ3v) is 11.8. The first-order valence-electron chi connectivity index (χ1n) is 16.6. The Balaban J connectivity index is 0.000000525. The number of hydrogen-bond donors (Lipinski definition) is 5. The van der Waals surface area contributed by atoms with Crippen molar-refractivity contribution in [3.05, 3.63) is 61.2 Å². The number of nitrogens with zero attached hydrogens (tertiary/aromatic N) is 1. The van der Waals surface area contributed by atoms with Gasteiger partial charge in [0, 0.05) is 37.0 Å². The van der Waals surface area contributed by atoms with Crippen LogP contribution in [-0.2, 0) is 30.4 Å². The number of ether oxygens (including phenoxy) is 2. The average Bonchev–Trinajstić information content (AvgIpc) is 3.02. The van der Waals surface area contributed by atoms with E-state index in [-0.39, 0.29) is 58.4 Å². The van der Waals surface area contributed by atoms with E-state index < -0.39 is 24.4 Å². The maximum Gasteiger partial charge on any atom is 0.325 e. The molecule has 2 fully saturated rings. The summed E-state index contributed by atoms with van der Waals surface area (Å²) in [4.78, 5) is 0. The van der Waals surface area contributed by atoms with E-state index in [9.17, 15) is 20.4 Å². The maximum absolute atomic E-state index is 11.6. The average molecular weight is 722 g/mol. The molecule has 47 heavy (non-hydrogen) atoms. The van der Waals surface area contributed by atoms with Gasteiger partial charge in [0.2, 0.25) is 16.5 Å². The van der Waals surface area contributed by atoms with Crippen LogP contribution < -0.4 is 28.6 Å². The van der Waals surface area contributed by atoms with E-state index in [2.05, 4.69) is 25.4 Å². The van der Waals surface area contributed by atoms with Crippen molar-refractivity contribution >= 4 is 21.0 Å². The molecule has 0 bridgehead atoms. The van der Waals surface area contributed by atoms with E-state index in [1.807, 2.05) is 56.5 Å². The van der Waals surface area contributed by atoms with Crippen molar-refractivity contribution in [2.45, 2.75) is 109 Å². The Morgan fingerprint density at radius 3 is 2.38 bits per heavy atom. The fourth-order valence-corrected chi connectivity index (χ4v) is 8.04. The van der Waals surface area contributed by atoms with Crippen molar-refractivity contribution < 1.29 is 51.0 Å². The molecule has 1 aromatic carbocycles. The molecule has 0 saturated carbocycles. The summed E-state index contributed by atoms with van der Waals surface area (Å²) in [5, 5.41) is 45.4. The normalized spacial score (nSPS) is 27.6. The molecule has 3 rings (SSSR count). The molecular weight excluding hydrogens is 662 g/mol. The summed E-state index contributed by atoms with van der Waals surface area (Å²) in [7, 11) is 3.37. The molecule has 2 aliphatic rings. The summed E-state index contributed by atoms with van der Waals surface area (Å²) in [6.45, 7) is 13.3. The lowest BCUT2D eigenvalue weighted by Gasteiger charge is -2.48. The Labute approximate surface area is 296 Å². The fourth-order valence-electron chi connectivity index (χ4n) is 5.24. The number of quaternary nitrogens is 1. The SMILES string of the molecule is C=CCS[S+](CC=C)OC1CC(O)C(C)CO1.CCCCCCCC[N+](C)(Cc1ccccc1)C(N)(O)NC1CC(O)C([O-])CO1.[Cl-]. The molecule has 2 heterocycles. The number of aliphatic hydroxyl groups is 3. The summed E-state index contributed by atoms with van der Waals surface area (Å²) in [6.07, 6.45) is 7.83. The van der Waals surface area contributed by atoms with Gasteiger partial charge in [-0.2, -0.15) is 5.32 Å². The standard InChI is InChI=1S/C22H39N3O4.C12H21O3S2.ClH/c1-3-4-5-6-7-11-14-25(2,16-18-12-9-8-10-13-18)22(23,28)24-21-15-19(26)20(27)17-29-21;1-4-6-16-17(7-5-2)15-12-8-11(13)10(3)9-14-12;/h8-10,12-13,19-21,24,26,28H,3-7,11,14-17,23H2,1-2H3;4-5,10-13H,1-2,6-9H2,3H3;1H/q;+1;/p-1. The quantitative estimate of drug-likeness (QED) is 0.0337. The van der Waals surface area contributed by atoms with Crippen LogP contribution in [0.4, 0.5) is 0 Å². The van der Waals surface area contributed by atoms with Crippen LogP contribution in [0, 0.1) is 5.92 Å². The highest BCUT2D eigenvalue weighted by molar-refractivity contribution is 8.72. The van der Waals surface area contributed by atoms with Gasteiger partial charge in [-0.15, -0.1) is 10.8 Å². The Hall–Kier alpha value is -0.710. The summed E-state index contributed by atoms with van der Waals surface area (Å²) < 4.78 is 17.1. The topological polar surface area (TPSA) is 149 Å². The molecule has 0 spiro atoms. The van der Waals surface area contributed by atoms with E-state index in [1.165, 1.54) is 25.7 Å². The second-order valence-corrected chi connectivity index (χ2v) is 16.1. The number of aliphatic hydroxyl groups excluding tert-OH is 2. The largest absolute Gasteiger partial charge is 1.00 e. The molecule has 0 radical (unpaired) electrons. The van der Waals surface area contributed by atoms with Gasteiger partial charge in [-0.25, -0.2) is 5.73 Å². The Kier molecular flexibility index (Phi) is 22.3. The van der Waals surface area contributed by atoms with E-state index in [1.54, 1.807) is 10.8 Å². The van der Waals surface area contributed by atoms with Crippen LogP contribution in [0.3, 0.4) is 0 Å². The molecular formula is C34H60ClN3O7S2. The number of nitrogens with two attached hydrogens (primary N) is 1. The second-order valence-electron chi connectivity index (χ2n) is 12.5. The highest BCUT2D eigenvalue weighted by atomic mass is 35.5. The zero-order valence-corrected chi connectivity index (χ0v) is 30.9. The van der Waals surface area contributed by atoms with Gasteiger partial charge in [0.05, 0.1) is 32.1 Å². The summed E-state index contributed by atoms with van der Waals surface area (Å²) >= 11 is 0. The summed E-state index contributed by atoms with van der Waals surface area (Å²) in [5.74, 6) is 0.0725. The first-order valence-corrected chi connectivity index (χ1v) is 19.4. The van der Waals surface area contributed by atoms with Crippen molar-refractivity contribution in [3.8, 4) is 0 Å².